The van der Waals surface area contributed by atoms with Gasteiger partial charge in [-0.25, -0.2) is 0 Å². The van der Waals surface area contributed by atoms with Crippen molar-refractivity contribution in [2.75, 3.05) is 0 Å². The van der Waals surface area contributed by atoms with Gasteiger partial charge in [0.05, 0.1) is 5.52 Å². The van der Waals surface area contributed by atoms with Crippen molar-refractivity contribution in [3.8, 4) is 11.1 Å². The Bertz CT molecular complexity index is 1410. The summed E-state index contributed by atoms with van der Waals surface area (Å²) in [5, 5.41) is 5.25. The van der Waals surface area contributed by atoms with Crippen molar-refractivity contribution in [2.45, 2.75) is 13.8 Å². The first kappa shape index (κ1) is 15.8. The molecule has 1 heterocycles. The van der Waals surface area contributed by atoms with Crippen LogP contribution in [-0.4, -0.2) is 4.98 Å². The number of benzene rings is 4. The number of aromatic nitrogens is 1. The molecule has 0 fully saturated rings. The first-order valence-electron chi connectivity index (χ1n) is 9.19. The highest BCUT2D eigenvalue weighted by Gasteiger charge is 2.17. The minimum absolute atomic E-state index is 0.0350. The Labute approximate surface area is 157 Å². The number of H-pyrrole nitrogens is 1. The van der Waals surface area contributed by atoms with E-state index in [4.69, 9.17) is 0 Å². The summed E-state index contributed by atoms with van der Waals surface area (Å²) in [5.41, 5.74) is 5.64. The second-order valence-electron chi connectivity index (χ2n) is 7.11. The highest BCUT2D eigenvalue weighted by Crippen LogP contribution is 2.40. The molecule has 130 valence electrons. The lowest BCUT2D eigenvalue weighted by atomic mass is 9.87. The third kappa shape index (κ3) is 2.23. The highest BCUT2D eigenvalue weighted by molar-refractivity contribution is 6.23. The number of rotatable bonds is 1. The first-order valence-corrected chi connectivity index (χ1v) is 9.19. The van der Waals surface area contributed by atoms with E-state index < -0.39 is 0 Å². The molecular weight excluding hydrogens is 330 g/mol. The second kappa shape index (κ2) is 5.82. The van der Waals surface area contributed by atoms with E-state index in [1.807, 2.05) is 24.3 Å². The number of hydrogen-bond acceptors (Lipinski definition) is 1. The molecule has 0 spiro atoms. The molecule has 0 radical (unpaired) electrons. The minimum Gasteiger partial charge on any atom is -0.321 e. The fraction of sp³-hybridized carbons (Fsp3) is 0.0800. The Morgan fingerprint density at radius 3 is 1.93 bits per heavy atom. The lowest BCUT2D eigenvalue weighted by Gasteiger charge is -2.17. The van der Waals surface area contributed by atoms with Gasteiger partial charge in [0, 0.05) is 10.8 Å². The molecule has 0 amide bonds. The molecule has 4 aromatic carbocycles. The normalized spacial score (nSPS) is 11.5. The molecule has 1 N–H and O–H groups in total. The summed E-state index contributed by atoms with van der Waals surface area (Å²) in [4.78, 5) is 15.9. The molecule has 2 nitrogen and oxygen atoms in total. The van der Waals surface area contributed by atoms with E-state index in [0.29, 0.717) is 0 Å². The zero-order valence-corrected chi connectivity index (χ0v) is 15.3. The van der Waals surface area contributed by atoms with Crippen LogP contribution in [0.25, 0.3) is 43.6 Å². The quantitative estimate of drug-likeness (QED) is 0.363. The zero-order valence-electron chi connectivity index (χ0n) is 15.3. The van der Waals surface area contributed by atoms with Crippen LogP contribution in [0.2, 0.25) is 0 Å². The van der Waals surface area contributed by atoms with Crippen LogP contribution >= 0.6 is 0 Å². The maximum absolute atomic E-state index is 12.7. The molecule has 0 aliphatic carbocycles. The van der Waals surface area contributed by atoms with Gasteiger partial charge in [-0.15, -0.1) is 0 Å². The molecule has 5 aromatic rings. The third-order valence-electron chi connectivity index (χ3n) is 5.56. The van der Waals surface area contributed by atoms with Crippen LogP contribution in [0.1, 0.15) is 11.1 Å². The molecule has 0 atom stereocenters. The Kier molecular flexibility index (Phi) is 3.41. The second-order valence-corrected chi connectivity index (χ2v) is 7.11. The standard InChI is InChI=1S/C25H19NO/c1-15-9-3-4-10-17(15)22-16(2)24-23(19-12-6-5-11-18(19)22)20-13-7-8-14-21(20)25(27)26-24/h3-14H,1-2H3,(H,26,27). The first-order chi connectivity index (χ1) is 13.2. The molecule has 0 bridgehead atoms. The molecule has 0 aliphatic heterocycles. The molecule has 0 unspecified atom stereocenters. The average molecular weight is 349 g/mol. The van der Waals surface area contributed by atoms with Crippen molar-refractivity contribution in [2.24, 2.45) is 0 Å². The molecule has 1 aromatic heterocycles. The van der Waals surface area contributed by atoms with Gasteiger partial charge in [0.1, 0.15) is 0 Å². The van der Waals surface area contributed by atoms with E-state index in [1.54, 1.807) is 0 Å². The van der Waals surface area contributed by atoms with Gasteiger partial charge in [-0.2, -0.15) is 0 Å². The van der Waals surface area contributed by atoms with E-state index in [2.05, 4.69) is 67.4 Å². The summed E-state index contributed by atoms with van der Waals surface area (Å²) in [6.07, 6.45) is 0. The smallest absolute Gasteiger partial charge is 0.256 e. The fourth-order valence-electron chi connectivity index (χ4n) is 4.28. The van der Waals surface area contributed by atoms with Gasteiger partial charge in [0.25, 0.3) is 5.56 Å². The SMILES string of the molecule is Cc1ccccc1-c1c(C)c2[nH]c(=O)c3ccccc3c2c2ccccc12. The average Bonchev–Trinajstić information content (AvgIpc) is 2.70. The van der Waals surface area contributed by atoms with Crippen LogP contribution in [-0.2, 0) is 0 Å². The summed E-state index contributed by atoms with van der Waals surface area (Å²) >= 11 is 0. The van der Waals surface area contributed by atoms with E-state index in [0.717, 1.165) is 27.2 Å². The van der Waals surface area contributed by atoms with Gasteiger partial charge in [0.15, 0.2) is 0 Å². The van der Waals surface area contributed by atoms with Crippen molar-refractivity contribution >= 4 is 32.4 Å². The summed E-state index contributed by atoms with van der Waals surface area (Å²) < 4.78 is 0. The lowest BCUT2D eigenvalue weighted by molar-refractivity contribution is 1.32. The van der Waals surface area contributed by atoms with E-state index in [1.165, 1.54) is 27.5 Å². The number of fused-ring (bicyclic) bond motifs is 5. The predicted octanol–water partition coefficient (Wildman–Crippen LogP) is 6.12. The summed E-state index contributed by atoms with van der Waals surface area (Å²) in [6.45, 7) is 4.25. The van der Waals surface area contributed by atoms with E-state index in [-0.39, 0.29) is 5.56 Å². The Hall–Kier alpha value is -3.39. The number of nitrogens with one attached hydrogen (secondary N) is 1. The topological polar surface area (TPSA) is 32.9 Å². The van der Waals surface area contributed by atoms with Crippen LogP contribution in [0.15, 0.2) is 77.6 Å². The van der Waals surface area contributed by atoms with Gasteiger partial charge in [-0.3, -0.25) is 4.79 Å². The van der Waals surface area contributed by atoms with Crippen molar-refractivity contribution < 1.29 is 0 Å². The van der Waals surface area contributed by atoms with Crippen LogP contribution in [0.3, 0.4) is 0 Å². The van der Waals surface area contributed by atoms with Gasteiger partial charge in [-0.05, 0) is 58.3 Å². The Morgan fingerprint density at radius 2 is 1.22 bits per heavy atom. The molecular formula is C25H19NO. The fourth-order valence-corrected chi connectivity index (χ4v) is 4.28. The van der Waals surface area contributed by atoms with Crippen molar-refractivity contribution in [3.05, 3.63) is 94.3 Å². The Balaban J connectivity index is 2.11. The molecule has 0 saturated carbocycles. The largest absolute Gasteiger partial charge is 0.321 e. The molecule has 0 saturated heterocycles. The molecule has 5 rings (SSSR count). The van der Waals surface area contributed by atoms with Gasteiger partial charge in [0.2, 0.25) is 0 Å². The van der Waals surface area contributed by atoms with Gasteiger partial charge < -0.3 is 4.98 Å². The zero-order chi connectivity index (χ0) is 18.5. The minimum atomic E-state index is -0.0350. The van der Waals surface area contributed by atoms with Gasteiger partial charge >= 0.3 is 0 Å². The third-order valence-corrected chi connectivity index (χ3v) is 5.56. The number of aromatic amines is 1. The number of pyridine rings is 1. The van der Waals surface area contributed by atoms with Crippen molar-refractivity contribution in [1.29, 1.82) is 0 Å². The van der Waals surface area contributed by atoms with Gasteiger partial charge in [-0.1, -0.05) is 66.7 Å². The van der Waals surface area contributed by atoms with Crippen molar-refractivity contribution in [3.63, 3.8) is 0 Å². The maximum Gasteiger partial charge on any atom is 0.256 e. The molecule has 2 heteroatoms. The summed E-state index contributed by atoms with van der Waals surface area (Å²) in [5.74, 6) is 0. The number of aryl methyl sites for hydroxylation is 2. The van der Waals surface area contributed by atoms with Crippen LogP contribution in [0, 0.1) is 13.8 Å². The Morgan fingerprint density at radius 1 is 0.667 bits per heavy atom. The summed E-state index contributed by atoms with van der Waals surface area (Å²) in [7, 11) is 0. The van der Waals surface area contributed by atoms with Crippen LogP contribution in [0.5, 0.6) is 0 Å². The maximum atomic E-state index is 12.7. The highest BCUT2D eigenvalue weighted by atomic mass is 16.1. The number of hydrogen-bond donors (Lipinski definition) is 1. The molecule has 27 heavy (non-hydrogen) atoms. The van der Waals surface area contributed by atoms with E-state index >= 15 is 0 Å². The monoisotopic (exact) mass is 349 g/mol. The van der Waals surface area contributed by atoms with E-state index in [9.17, 15) is 4.79 Å². The van der Waals surface area contributed by atoms with Crippen LogP contribution < -0.4 is 5.56 Å². The lowest BCUT2D eigenvalue weighted by Crippen LogP contribution is -2.08. The predicted molar refractivity (Wildman–Crippen MR) is 114 cm³/mol. The van der Waals surface area contributed by atoms with Crippen molar-refractivity contribution in [1.82, 2.24) is 4.98 Å². The molecule has 0 aliphatic rings. The van der Waals surface area contributed by atoms with Crippen LogP contribution in [0.4, 0.5) is 0 Å². The summed E-state index contributed by atoms with van der Waals surface area (Å²) in [6, 6.07) is 24.8.